The van der Waals surface area contributed by atoms with Crippen LogP contribution < -0.4 is 0 Å². The highest BCUT2D eigenvalue weighted by molar-refractivity contribution is 5.17. The van der Waals surface area contributed by atoms with E-state index in [9.17, 15) is 0 Å². The molecule has 0 aliphatic rings. The molecule has 0 atom stereocenters. The molecule has 0 N–H and O–H groups in total. The van der Waals surface area contributed by atoms with Crippen molar-refractivity contribution in [3.05, 3.63) is 18.7 Å². The lowest BCUT2D eigenvalue weighted by atomic mass is 10.3. The van der Waals surface area contributed by atoms with Gasteiger partial charge in [0.15, 0.2) is 0 Å². The van der Waals surface area contributed by atoms with Gasteiger partial charge in [-0.2, -0.15) is 5.10 Å². The number of unbranched alkanes of at least 4 members (excludes halogenated alkanes) is 1. The second-order valence-corrected chi connectivity index (χ2v) is 2.05. The molecule has 1 aromatic heterocycles. The second-order valence-electron chi connectivity index (χ2n) is 2.05. The number of hydrogen-bond donors (Lipinski definition) is 0. The standard InChI is InChI=1S/C7H11N3/c1-2-3-4-5-10-7-8-6-9-10/h4-7H,2-3H2,1H3. The number of nitrogens with zero attached hydrogens (tertiary/aromatic N) is 3. The maximum atomic E-state index is 3.91. The van der Waals surface area contributed by atoms with Crippen molar-refractivity contribution < 1.29 is 0 Å². The van der Waals surface area contributed by atoms with Crippen LogP contribution in [0.1, 0.15) is 19.8 Å². The van der Waals surface area contributed by atoms with E-state index in [4.69, 9.17) is 0 Å². The van der Waals surface area contributed by atoms with Crippen molar-refractivity contribution >= 4 is 6.20 Å². The molecule has 0 spiro atoms. The molecule has 0 unspecified atom stereocenters. The first kappa shape index (κ1) is 6.99. The summed E-state index contributed by atoms with van der Waals surface area (Å²) in [6.07, 6.45) is 9.46. The average Bonchev–Trinajstić information content (AvgIpc) is 2.41. The van der Waals surface area contributed by atoms with Crippen LogP contribution in [0.5, 0.6) is 0 Å². The number of hydrogen-bond acceptors (Lipinski definition) is 2. The minimum absolute atomic E-state index is 1.10. The van der Waals surface area contributed by atoms with Gasteiger partial charge in [-0.3, -0.25) is 0 Å². The zero-order chi connectivity index (χ0) is 7.23. The molecule has 0 aromatic carbocycles. The molecular weight excluding hydrogens is 126 g/mol. The molecule has 0 radical (unpaired) electrons. The lowest BCUT2D eigenvalue weighted by Gasteiger charge is -1.86. The largest absolute Gasteiger partial charge is 0.229 e. The second kappa shape index (κ2) is 3.82. The van der Waals surface area contributed by atoms with Gasteiger partial charge in [0.05, 0.1) is 0 Å². The van der Waals surface area contributed by atoms with E-state index in [2.05, 4.69) is 23.1 Å². The Labute approximate surface area is 60.4 Å². The summed E-state index contributed by atoms with van der Waals surface area (Å²) in [7, 11) is 0. The highest BCUT2D eigenvalue weighted by Crippen LogP contribution is 1.89. The maximum Gasteiger partial charge on any atom is 0.138 e. The van der Waals surface area contributed by atoms with Crippen molar-refractivity contribution in [2.45, 2.75) is 19.8 Å². The van der Waals surface area contributed by atoms with Crippen LogP contribution in [0.15, 0.2) is 18.7 Å². The highest BCUT2D eigenvalue weighted by atomic mass is 15.3. The Morgan fingerprint density at radius 2 is 2.50 bits per heavy atom. The van der Waals surface area contributed by atoms with E-state index < -0.39 is 0 Å². The lowest BCUT2D eigenvalue weighted by Crippen LogP contribution is -1.83. The minimum atomic E-state index is 1.10. The summed E-state index contributed by atoms with van der Waals surface area (Å²) in [5, 5.41) is 3.91. The molecule has 10 heavy (non-hydrogen) atoms. The summed E-state index contributed by atoms with van der Waals surface area (Å²) in [6, 6.07) is 0. The van der Waals surface area contributed by atoms with Crippen molar-refractivity contribution in [3.8, 4) is 0 Å². The van der Waals surface area contributed by atoms with E-state index in [-0.39, 0.29) is 0 Å². The SMILES string of the molecule is CCCC=Cn1cncn1. The first-order valence-electron chi connectivity index (χ1n) is 3.44. The number of aromatic nitrogens is 3. The van der Waals surface area contributed by atoms with E-state index in [1.807, 2.05) is 6.20 Å². The van der Waals surface area contributed by atoms with Crippen molar-refractivity contribution in [1.29, 1.82) is 0 Å². The Morgan fingerprint density at radius 1 is 1.60 bits per heavy atom. The van der Waals surface area contributed by atoms with Gasteiger partial charge < -0.3 is 0 Å². The Hall–Kier alpha value is -1.12. The summed E-state index contributed by atoms with van der Waals surface area (Å²) in [6.45, 7) is 2.14. The normalized spacial score (nSPS) is 10.9. The Morgan fingerprint density at radius 3 is 3.10 bits per heavy atom. The van der Waals surface area contributed by atoms with E-state index in [1.165, 1.54) is 12.7 Å². The first-order chi connectivity index (χ1) is 4.93. The van der Waals surface area contributed by atoms with E-state index in [0.29, 0.717) is 0 Å². The molecule has 1 heterocycles. The van der Waals surface area contributed by atoms with E-state index in [1.54, 1.807) is 11.0 Å². The smallest absolute Gasteiger partial charge is 0.138 e. The molecule has 0 fully saturated rings. The first-order valence-corrected chi connectivity index (χ1v) is 3.44. The van der Waals surface area contributed by atoms with Gasteiger partial charge in [-0.1, -0.05) is 19.4 Å². The number of rotatable bonds is 3. The third-order valence-electron chi connectivity index (χ3n) is 1.15. The minimum Gasteiger partial charge on any atom is -0.229 e. The Kier molecular flexibility index (Phi) is 2.67. The molecule has 54 valence electrons. The molecule has 3 nitrogen and oxygen atoms in total. The fourth-order valence-corrected chi connectivity index (χ4v) is 0.644. The Balaban J connectivity index is 2.40. The zero-order valence-corrected chi connectivity index (χ0v) is 6.07. The molecule has 0 bridgehead atoms. The van der Waals surface area contributed by atoms with Crippen molar-refractivity contribution in [3.63, 3.8) is 0 Å². The molecule has 0 saturated carbocycles. The molecule has 1 rings (SSSR count). The van der Waals surface area contributed by atoms with E-state index in [0.717, 1.165) is 6.42 Å². The summed E-state index contributed by atoms with van der Waals surface area (Å²) >= 11 is 0. The molecule has 1 aromatic rings. The van der Waals surface area contributed by atoms with Crippen LogP contribution in [0.2, 0.25) is 0 Å². The fourth-order valence-electron chi connectivity index (χ4n) is 0.644. The molecule has 0 saturated heterocycles. The average molecular weight is 137 g/mol. The number of allylic oxidation sites excluding steroid dienone is 1. The third-order valence-corrected chi connectivity index (χ3v) is 1.15. The van der Waals surface area contributed by atoms with Gasteiger partial charge in [0.25, 0.3) is 0 Å². The van der Waals surface area contributed by atoms with Crippen molar-refractivity contribution in [2.24, 2.45) is 0 Å². The summed E-state index contributed by atoms with van der Waals surface area (Å²) in [5.74, 6) is 0. The maximum absolute atomic E-state index is 3.91. The van der Waals surface area contributed by atoms with Gasteiger partial charge in [0.1, 0.15) is 12.7 Å². The molecule has 0 aliphatic carbocycles. The van der Waals surface area contributed by atoms with Gasteiger partial charge in [-0.05, 0) is 6.42 Å². The van der Waals surface area contributed by atoms with Gasteiger partial charge in [-0.15, -0.1) is 0 Å². The van der Waals surface area contributed by atoms with Gasteiger partial charge in [-0.25, -0.2) is 9.67 Å². The van der Waals surface area contributed by atoms with Crippen LogP contribution in [-0.2, 0) is 0 Å². The Bertz CT molecular complexity index is 189. The van der Waals surface area contributed by atoms with Gasteiger partial charge >= 0.3 is 0 Å². The molecule has 0 aliphatic heterocycles. The highest BCUT2D eigenvalue weighted by Gasteiger charge is 1.79. The van der Waals surface area contributed by atoms with Crippen LogP contribution in [0.3, 0.4) is 0 Å². The predicted octanol–water partition coefficient (Wildman–Crippen LogP) is 1.55. The van der Waals surface area contributed by atoms with Crippen LogP contribution in [0.25, 0.3) is 6.20 Å². The van der Waals surface area contributed by atoms with Gasteiger partial charge in [0, 0.05) is 6.20 Å². The lowest BCUT2D eigenvalue weighted by molar-refractivity contribution is 0.911. The molecule has 0 amide bonds. The summed E-state index contributed by atoms with van der Waals surface area (Å²) in [5.41, 5.74) is 0. The van der Waals surface area contributed by atoms with Crippen molar-refractivity contribution in [1.82, 2.24) is 14.8 Å². The van der Waals surface area contributed by atoms with Crippen molar-refractivity contribution in [2.75, 3.05) is 0 Å². The predicted molar refractivity (Wildman–Crippen MR) is 40.3 cm³/mol. The topological polar surface area (TPSA) is 30.7 Å². The molecule has 3 heteroatoms. The third kappa shape index (κ3) is 2.01. The monoisotopic (exact) mass is 137 g/mol. The van der Waals surface area contributed by atoms with Gasteiger partial charge in [0.2, 0.25) is 0 Å². The van der Waals surface area contributed by atoms with Crippen LogP contribution in [0, 0.1) is 0 Å². The van der Waals surface area contributed by atoms with Crippen LogP contribution in [0.4, 0.5) is 0 Å². The van der Waals surface area contributed by atoms with E-state index >= 15 is 0 Å². The quantitative estimate of drug-likeness (QED) is 0.632. The van der Waals surface area contributed by atoms with Crippen LogP contribution in [-0.4, -0.2) is 14.8 Å². The fraction of sp³-hybridized carbons (Fsp3) is 0.429. The zero-order valence-electron chi connectivity index (χ0n) is 6.07. The van der Waals surface area contributed by atoms with Crippen LogP contribution >= 0.6 is 0 Å². The summed E-state index contributed by atoms with van der Waals surface area (Å²) in [4.78, 5) is 3.80. The summed E-state index contributed by atoms with van der Waals surface area (Å²) < 4.78 is 1.69. The molecular formula is C7H11N3.